The smallest absolute Gasteiger partial charge is 0.0431 e. The fraction of sp³-hybridized carbons (Fsp3) is 1.00. The van der Waals surface area contributed by atoms with Crippen LogP contribution < -0.4 is 5.32 Å². The molecule has 17 heavy (non-hydrogen) atoms. The molecule has 2 N–H and O–H groups in total. The molecule has 0 amide bonds. The van der Waals surface area contributed by atoms with Crippen LogP contribution in [0.2, 0.25) is 0 Å². The van der Waals surface area contributed by atoms with E-state index in [0.717, 1.165) is 13.0 Å². The van der Waals surface area contributed by atoms with Gasteiger partial charge in [-0.05, 0) is 38.5 Å². The Bertz CT molecular complexity index is 181. The molecule has 1 aliphatic carbocycles. The molecule has 0 aliphatic heterocycles. The molecule has 0 heterocycles. The number of aliphatic hydroxyl groups is 1. The molecule has 3 heteroatoms. The summed E-state index contributed by atoms with van der Waals surface area (Å²) in [6.07, 6.45) is 14.0. The van der Waals surface area contributed by atoms with E-state index in [1.54, 1.807) is 0 Å². The van der Waals surface area contributed by atoms with Crippen LogP contribution in [0.4, 0.5) is 0 Å². The highest BCUT2D eigenvalue weighted by atomic mass is 32.2. The topological polar surface area (TPSA) is 32.3 Å². The van der Waals surface area contributed by atoms with Crippen molar-refractivity contribution in [3.05, 3.63) is 0 Å². The van der Waals surface area contributed by atoms with E-state index in [1.807, 2.05) is 0 Å². The lowest BCUT2D eigenvalue weighted by atomic mass is 9.88. The maximum Gasteiger partial charge on any atom is 0.0431 e. The maximum absolute atomic E-state index is 8.69. The first-order valence-electron chi connectivity index (χ1n) is 7.20. The predicted molar refractivity (Wildman–Crippen MR) is 77.8 cm³/mol. The summed E-state index contributed by atoms with van der Waals surface area (Å²) in [5, 5.41) is 12.3. The average Bonchev–Trinajstić information content (AvgIpc) is 2.39. The molecule has 1 rings (SSSR count). The van der Waals surface area contributed by atoms with Gasteiger partial charge in [-0.25, -0.2) is 0 Å². The Labute approximate surface area is 111 Å². The molecule has 0 spiro atoms. The lowest BCUT2D eigenvalue weighted by molar-refractivity contribution is 0.282. The molecule has 0 radical (unpaired) electrons. The van der Waals surface area contributed by atoms with Crippen LogP contribution in [0.5, 0.6) is 0 Å². The zero-order chi connectivity index (χ0) is 12.4. The molecule has 0 aromatic heterocycles. The van der Waals surface area contributed by atoms with E-state index >= 15 is 0 Å². The summed E-state index contributed by atoms with van der Waals surface area (Å²) in [5.74, 6) is 0. The molecule has 2 nitrogen and oxygen atoms in total. The van der Waals surface area contributed by atoms with E-state index in [1.165, 1.54) is 57.9 Å². The summed E-state index contributed by atoms with van der Waals surface area (Å²) in [6, 6.07) is 0. The van der Waals surface area contributed by atoms with Crippen LogP contribution >= 0.6 is 11.8 Å². The van der Waals surface area contributed by atoms with E-state index in [2.05, 4.69) is 23.3 Å². The third-order valence-electron chi connectivity index (χ3n) is 3.91. The summed E-state index contributed by atoms with van der Waals surface area (Å²) in [5.41, 5.74) is 0. The molecule has 0 saturated heterocycles. The predicted octanol–water partition coefficient (Wildman–Crippen LogP) is 3.19. The summed E-state index contributed by atoms with van der Waals surface area (Å²) in [6.45, 7) is 2.69. The fourth-order valence-corrected chi connectivity index (χ4v) is 3.62. The summed E-state index contributed by atoms with van der Waals surface area (Å²) >= 11 is 2.07. The second-order valence-electron chi connectivity index (χ2n) is 5.26. The van der Waals surface area contributed by atoms with Gasteiger partial charge in [-0.3, -0.25) is 0 Å². The summed E-state index contributed by atoms with van der Waals surface area (Å²) in [7, 11) is 0. The fourth-order valence-electron chi connectivity index (χ4n) is 2.68. The molecular formula is C14H29NOS. The van der Waals surface area contributed by atoms with Gasteiger partial charge in [0.2, 0.25) is 0 Å². The van der Waals surface area contributed by atoms with Gasteiger partial charge in [0.25, 0.3) is 0 Å². The highest BCUT2D eigenvalue weighted by molar-refractivity contribution is 8.00. The van der Waals surface area contributed by atoms with Crippen LogP contribution in [0.3, 0.4) is 0 Å². The van der Waals surface area contributed by atoms with Crippen molar-refractivity contribution in [3.63, 3.8) is 0 Å². The molecule has 0 unspecified atom stereocenters. The zero-order valence-corrected chi connectivity index (χ0v) is 12.2. The number of unbranched alkanes of at least 4 members (excludes halogenated alkanes) is 3. The Hall–Kier alpha value is 0.270. The summed E-state index contributed by atoms with van der Waals surface area (Å²) in [4.78, 5) is 0. The van der Waals surface area contributed by atoms with Crippen LogP contribution in [-0.4, -0.2) is 35.8 Å². The van der Waals surface area contributed by atoms with E-state index in [4.69, 9.17) is 5.11 Å². The normalized spacial score (nSPS) is 19.4. The van der Waals surface area contributed by atoms with Crippen molar-refractivity contribution < 1.29 is 5.11 Å². The molecule has 0 bridgehead atoms. The monoisotopic (exact) mass is 259 g/mol. The first kappa shape index (κ1) is 15.3. The van der Waals surface area contributed by atoms with Crippen LogP contribution in [0.15, 0.2) is 0 Å². The first-order chi connectivity index (χ1) is 8.33. The molecule has 0 aromatic rings. The number of hydrogen-bond donors (Lipinski definition) is 2. The minimum absolute atomic E-state index is 0.350. The number of thioether (sulfide) groups is 1. The van der Waals surface area contributed by atoms with Crippen LogP contribution in [-0.2, 0) is 0 Å². The van der Waals surface area contributed by atoms with E-state index in [0.29, 0.717) is 11.4 Å². The highest BCUT2D eigenvalue weighted by Gasteiger charge is 2.30. The van der Waals surface area contributed by atoms with Gasteiger partial charge in [-0.1, -0.05) is 32.1 Å². The molecule has 0 atom stereocenters. The van der Waals surface area contributed by atoms with Gasteiger partial charge in [0.15, 0.2) is 0 Å². The Morgan fingerprint density at radius 3 is 2.41 bits per heavy atom. The van der Waals surface area contributed by atoms with Gasteiger partial charge in [-0.2, -0.15) is 11.8 Å². The number of nitrogens with one attached hydrogen (secondary N) is 1. The van der Waals surface area contributed by atoms with Crippen molar-refractivity contribution in [1.29, 1.82) is 0 Å². The Morgan fingerprint density at radius 1 is 1.06 bits per heavy atom. The standard InChI is InChI=1S/C14H29NOS/c1-17-14(9-5-4-6-10-14)13-15-11-7-2-3-8-12-16/h15-16H,2-13H2,1H3. The quantitative estimate of drug-likeness (QED) is 0.624. The largest absolute Gasteiger partial charge is 0.396 e. The van der Waals surface area contributed by atoms with E-state index in [9.17, 15) is 0 Å². The Kier molecular flexibility index (Phi) is 8.33. The molecule has 1 aliphatic rings. The number of hydrogen-bond acceptors (Lipinski definition) is 3. The third-order valence-corrected chi connectivity index (χ3v) is 5.33. The zero-order valence-electron chi connectivity index (χ0n) is 11.3. The first-order valence-corrected chi connectivity index (χ1v) is 8.42. The molecule has 0 aromatic carbocycles. The minimum atomic E-state index is 0.350. The number of aliphatic hydroxyl groups excluding tert-OH is 1. The summed E-state index contributed by atoms with van der Waals surface area (Å²) < 4.78 is 0.531. The average molecular weight is 259 g/mol. The van der Waals surface area contributed by atoms with Crippen LogP contribution in [0.25, 0.3) is 0 Å². The second kappa shape index (κ2) is 9.23. The Balaban J connectivity index is 2.03. The van der Waals surface area contributed by atoms with Crippen molar-refractivity contribution in [1.82, 2.24) is 5.32 Å². The van der Waals surface area contributed by atoms with Crippen molar-refractivity contribution in [2.45, 2.75) is 62.5 Å². The molecule has 1 saturated carbocycles. The van der Waals surface area contributed by atoms with Gasteiger partial charge in [0.1, 0.15) is 0 Å². The van der Waals surface area contributed by atoms with Crippen LogP contribution in [0, 0.1) is 0 Å². The number of rotatable bonds is 9. The molecular weight excluding hydrogens is 230 g/mol. The molecule has 102 valence electrons. The second-order valence-corrected chi connectivity index (χ2v) is 6.54. The van der Waals surface area contributed by atoms with Gasteiger partial charge in [0.05, 0.1) is 0 Å². The van der Waals surface area contributed by atoms with Gasteiger partial charge >= 0.3 is 0 Å². The van der Waals surface area contributed by atoms with Gasteiger partial charge in [0, 0.05) is 17.9 Å². The van der Waals surface area contributed by atoms with Gasteiger partial charge < -0.3 is 10.4 Å². The third kappa shape index (κ3) is 6.12. The SMILES string of the molecule is CSC1(CNCCCCCCO)CCCCC1. The van der Waals surface area contributed by atoms with Crippen molar-refractivity contribution in [2.24, 2.45) is 0 Å². The van der Waals surface area contributed by atoms with E-state index in [-0.39, 0.29) is 0 Å². The van der Waals surface area contributed by atoms with Crippen molar-refractivity contribution in [3.8, 4) is 0 Å². The Morgan fingerprint density at radius 2 is 1.76 bits per heavy atom. The van der Waals surface area contributed by atoms with Crippen molar-refractivity contribution >= 4 is 11.8 Å². The maximum atomic E-state index is 8.69. The highest BCUT2D eigenvalue weighted by Crippen LogP contribution is 2.37. The minimum Gasteiger partial charge on any atom is -0.396 e. The van der Waals surface area contributed by atoms with Gasteiger partial charge in [-0.15, -0.1) is 0 Å². The molecule has 1 fully saturated rings. The van der Waals surface area contributed by atoms with Crippen molar-refractivity contribution in [2.75, 3.05) is 26.0 Å². The van der Waals surface area contributed by atoms with Crippen LogP contribution in [0.1, 0.15) is 57.8 Å². The lowest BCUT2D eigenvalue weighted by Gasteiger charge is -2.36. The lowest BCUT2D eigenvalue weighted by Crippen LogP contribution is -2.39. The van der Waals surface area contributed by atoms with E-state index < -0.39 is 0 Å².